The van der Waals surface area contributed by atoms with Gasteiger partial charge in [0.1, 0.15) is 6.07 Å². The number of nitrogens with one attached hydrogen (secondary N) is 1. The zero-order valence-corrected chi connectivity index (χ0v) is 12.7. The first-order chi connectivity index (χ1) is 9.13. The minimum absolute atomic E-state index is 0.0232. The van der Waals surface area contributed by atoms with E-state index >= 15 is 0 Å². The molecular weight excluding hydrogens is 324 g/mol. The average molecular weight is 336 g/mol. The van der Waals surface area contributed by atoms with Gasteiger partial charge < -0.3 is 5.32 Å². The van der Waals surface area contributed by atoms with E-state index in [1.165, 1.54) is 0 Å². The summed E-state index contributed by atoms with van der Waals surface area (Å²) in [7, 11) is 0. The molecule has 2 aromatic carbocycles. The molecule has 0 amide bonds. The number of benzene rings is 2. The van der Waals surface area contributed by atoms with Gasteiger partial charge in [0.2, 0.25) is 0 Å². The second-order valence-electron chi connectivity index (χ2n) is 4.16. The highest BCUT2D eigenvalue weighted by Crippen LogP contribution is 2.29. The molecule has 2 nitrogen and oxygen atoms in total. The maximum Gasteiger partial charge on any atom is 0.103 e. The zero-order chi connectivity index (χ0) is 13.8. The van der Waals surface area contributed by atoms with Gasteiger partial charge in [-0.3, -0.25) is 0 Å². The summed E-state index contributed by atoms with van der Waals surface area (Å²) in [5.41, 5.74) is 2.40. The Bertz CT molecular complexity index is 634. The van der Waals surface area contributed by atoms with Crippen LogP contribution < -0.4 is 5.32 Å². The molecule has 1 atom stereocenters. The van der Waals surface area contributed by atoms with Gasteiger partial charge in [0.05, 0.1) is 17.3 Å². The summed E-state index contributed by atoms with van der Waals surface area (Å²) in [6, 6.07) is 15.5. The van der Waals surface area contributed by atoms with Crippen LogP contribution in [0.5, 0.6) is 0 Å². The standard InChI is InChI=1S/C15H12BrClN2/c1-10(11-5-2-3-7-14(11)17)19-15-8-4-6-13(16)12(15)9-18/h2-8,10,19H,1H3. The Hall–Kier alpha value is -1.50. The van der Waals surface area contributed by atoms with Gasteiger partial charge >= 0.3 is 0 Å². The lowest BCUT2D eigenvalue weighted by atomic mass is 10.1. The lowest BCUT2D eigenvalue weighted by molar-refractivity contribution is 0.884. The molecule has 0 saturated heterocycles. The summed E-state index contributed by atoms with van der Waals surface area (Å²) in [5, 5.41) is 13.2. The van der Waals surface area contributed by atoms with Crippen molar-refractivity contribution in [2.45, 2.75) is 13.0 Å². The van der Waals surface area contributed by atoms with Crippen LogP contribution in [-0.4, -0.2) is 0 Å². The van der Waals surface area contributed by atoms with E-state index in [0.29, 0.717) is 5.56 Å². The third kappa shape index (κ3) is 3.09. The summed E-state index contributed by atoms with van der Waals surface area (Å²) in [6.45, 7) is 2.02. The Balaban J connectivity index is 2.30. The molecule has 96 valence electrons. The van der Waals surface area contributed by atoms with E-state index in [4.69, 9.17) is 11.6 Å². The second-order valence-corrected chi connectivity index (χ2v) is 5.42. The average Bonchev–Trinajstić information content (AvgIpc) is 2.39. The van der Waals surface area contributed by atoms with E-state index in [1.54, 1.807) is 0 Å². The van der Waals surface area contributed by atoms with Crippen LogP contribution in [0.2, 0.25) is 5.02 Å². The fourth-order valence-corrected chi connectivity index (χ4v) is 2.65. The van der Waals surface area contributed by atoms with Crippen molar-refractivity contribution in [2.75, 3.05) is 5.32 Å². The third-order valence-corrected chi connectivity index (χ3v) is 3.87. The molecule has 4 heteroatoms. The SMILES string of the molecule is CC(Nc1cccc(Br)c1C#N)c1ccccc1Cl. The van der Waals surface area contributed by atoms with Crippen molar-refractivity contribution < 1.29 is 0 Å². The monoisotopic (exact) mass is 334 g/mol. The third-order valence-electron chi connectivity index (χ3n) is 2.87. The highest BCUT2D eigenvalue weighted by Gasteiger charge is 2.12. The number of anilines is 1. The number of hydrogen-bond acceptors (Lipinski definition) is 2. The van der Waals surface area contributed by atoms with E-state index in [2.05, 4.69) is 27.3 Å². The van der Waals surface area contributed by atoms with Crippen LogP contribution in [0.1, 0.15) is 24.1 Å². The Morgan fingerprint density at radius 1 is 1.21 bits per heavy atom. The van der Waals surface area contributed by atoms with Gasteiger partial charge in [-0.2, -0.15) is 5.26 Å². The van der Waals surface area contributed by atoms with Crippen molar-refractivity contribution in [3.63, 3.8) is 0 Å². The first kappa shape index (κ1) is 13.9. The maximum absolute atomic E-state index is 9.19. The van der Waals surface area contributed by atoms with Crippen LogP contribution >= 0.6 is 27.5 Å². The quantitative estimate of drug-likeness (QED) is 0.842. The van der Waals surface area contributed by atoms with Crippen molar-refractivity contribution in [3.8, 4) is 6.07 Å². The molecule has 0 aliphatic heterocycles. The first-order valence-electron chi connectivity index (χ1n) is 5.83. The molecule has 2 rings (SSSR count). The minimum Gasteiger partial charge on any atom is -0.377 e. The molecule has 0 saturated carbocycles. The van der Waals surface area contributed by atoms with Crippen molar-refractivity contribution >= 4 is 33.2 Å². The molecule has 1 N–H and O–H groups in total. The van der Waals surface area contributed by atoms with Gasteiger partial charge in [-0.05, 0) is 46.6 Å². The first-order valence-corrected chi connectivity index (χ1v) is 7.00. The van der Waals surface area contributed by atoms with E-state index in [0.717, 1.165) is 20.7 Å². The van der Waals surface area contributed by atoms with Gasteiger partial charge in [0.15, 0.2) is 0 Å². The Morgan fingerprint density at radius 2 is 1.95 bits per heavy atom. The van der Waals surface area contributed by atoms with Crippen LogP contribution in [0.15, 0.2) is 46.9 Å². The number of rotatable bonds is 3. The fourth-order valence-electron chi connectivity index (χ4n) is 1.90. The minimum atomic E-state index is 0.0232. The Kier molecular flexibility index (Phi) is 4.47. The molecule has 0 aliphatic rings. The summed E-state index contributed by atoms with van der Waals surface area (Å²) >= 11 is 9.56. The van der Waals surface area contributed by atoms with Gasteiger partial charge in [-0.25, -0.2) is 0 Å². The van der Waals surface area contributed by atoms with Crippen LogP contribution in [0.4, 0.5) is 5.69 Å². The molecule has 2 aromatic rings. The van der Waals surface area contributed by atoms with Gasteiger partial charge in [0, 0.05) is 9.50 Å². The zero-order valence-electron chi connectivity index (χ0n) is 10.3. The smallest absolute Gasteiger partial charge is 0.103 e. The highest BCUT2D eigenvalue weighted by atomic mass is 79.9. The number of nitriles is 1. The molecule has 0 aromatic heterocycles. The summed E-state index contributed by atoms with van der Waals surface area (Å²) in [4.78, 5) is 0. The van der Waals surface area contributed by atoms with E-state index < -0.39 is 0 Å². The summed E-state index contributed by atoms with van der Waals surface area (Å²) < 4.78 is 0.784. The maximum atomic E-state index is 9.19. The second kappa shape index (κ2) is 6.10. The number of halogens is 2. The Morgan fingerprint density at radius 3 is 2.63 bits per heavy atom. The fraction of sp³-hybridized carbons (Fsp3) is 0.133. The largest absolute Gasteiger partial charge is 0.377 e. The van der Waals surface area contributed by atoms with Gasteiger partial charge in [0.25, 0.3) is 0 Å². The molecule has 1 unspecified atom stereocenters. The van der Waals surface area contributed by atoms with E-state index in [1.807, 2.05) is 49.4 Å². The summed E-state index contributed by atoms with van der Waals surface area (Å²) in [6.07, 6.45) is 0. The Labute approximate surface area is 126 Å². The van der Waals surface area contributed by atoms with E-state index in [-0.39, 0.29) is 6.04 Å². The summed E-state index contributed by atoms with van der Waals surface area (Å²) in [5.74, 6) is 0. The predicted octanol–water partition coefficient (Wildman–Crippen LogP) is 5.15. The lowest BCUT2D eigenvalue weighted by Crippen LogP contribution is -2.08. The lowest BCUT2D eigenvalue weighted by Gasteiger charge is -2.18. The molecule has 0 bridgehead atoms. The molecule has 0 fully saturated rings. The van der Waals surface area contributed by atoms with Crippen LogP contribution in [0, 0.1) is 11.3 Å². The van der Waals surface area contributed by atoms with Crippen molar-refractivity contribution in [1.29, 1.82) is 5.26 Å². The predicted molar refractivity (Wildman–Crippen MR) is 82.3 cm³/mol. The van der Waals surface area contributed by atoms with Crippen LogP contribution in [-0.2, 0) is 0 Å². The molecule has 0 aliphatic carbocycles. The number of nitrogens with zero attached hydrogens (tertiary/aromatic N) is 1. The number of hydrogen-bond donors (Lipinski definition) is 1. The molecule has 19 heavy (non-hydrogen) atoms. The van der Waals surface area contributed by atoms with Crippen molar-refractivity contribution in [2.24, 2.45) is 0 Å². The molecule has 0 radical (unpaired) electrons. The topological polar surface area (TPSA) is 35.8 Å². The molecule has 0 spiro atoms. The van der Waals surface area contributed by atoms with Crippen molar-refractivity contribution in [3.05, 3.63) is 63.1 Å². The van der Waals surface area contributed by atoms with E-state index in [9.17, 15) is 5.26 Å². The van der Waals surface area contributed by atoms with Gasteiger partial charge in [-0.15, -0.1) is 0 Å². The normalized spacial score (nSPS) is 11.7. The van der Waals surface area contributed by atoms with Crippen LogP contribution in [0.3, 0.4) is 0 Å². The van der Waals surface area contributed by atoms with Crippen LogP contribution in [0.25, 0.3) is 0 Å². The molecule has 0 heterocycles. The highest BCUT2D eigenvalue weighted by molar-refractivity contribution is 9.10. The van der Waals surface area contributed by atoms with Crippen molar-refractivity contribution in [1.82, 2.24) is 0 Å². The van der Waals surface area contributed by atoms with Gasteiger partial charge in [-0.1, -0.05) is 35.9 Å². The molecular formula is C15H12BrClN2.